The molecule has 86 valence electrons. The maximum absolute atomic E-state index is 9.75. The molecule has 0 amide bonds. The molecule has 0 aromatic carbocycles. The highest BCUT2D eigenvalue weighted by atomic mass is 16.3. The fraction of sp³-hybridized carbons (Fsp3) is 1.00. The third kappa shape index (κ3) is 1.07. The molecule has 0 heterocycles. The zero-order chi connectivity index (χ0) is 10.8. The van der Waals surface area contributed by atoms with E-state index in [0.29, 0.717) is 17.8 Å². The van der Waals surface area contributed by atoms with Crippen molar-refractivity contribution < 1.29 is 10.2 Å². The molecule has 3 heteroatoms. The molecule has 0 saturated heterocycles. The number of hydrogen-bond donors (Lipinski definition) is 3. The minimum Gasteiger partial charge on any atom is -0.390 e. The highest BCUT2D eigenvalue weighted by molar-refractivity contribution is 5.15. The molecule has 3 fully saturated rings. The number of rotatable bonds is 0. The Bertz CT molecular complexity index is 271. The lowest BCUT2D eigenvalue weighted by Gasteiger charge is -2.39. The van der Waals surface area contributed by atoms with Gasteiger partial charge in [-0.3, -0.25) is 0 Å². The molecule has 15 heavy (non-hydrogen) atoms. The molecule has 4 unspecified atom stereocenters. The van der Waals surface area contributed by atoms with E-state index in [1.165, 1.54) is 12.8 Å². The first-order chi connectivity index (χ1) is 7.06. The Kier molecular flexibility index (Phi) is 1.99. The summed E-state index contributed by atoms with van der Waals surface area (Å²) in [5.41, 5.74) is 6.41. The second kappa shape index (κ2) is 2.96. The zero-order valence-electron chi connectivity index (χ0n) is 9.26. The number of aliphatic hydroxyl groups excluding tert-OH is 2. The molecule has 0 aromatic rings. The maximum Gasteiger partial charge on any atom is 0.0805 e. The molecular weight excluding hydrogens is 190 g/mol. The van der Waals surface area contributed by atoms with Crippen molar-refractivity contribution in [2.24, 2.45) is 28.9 Å². The topological polar surface area (TPSA) is 66.5 Å². The van der Waals surface area contributed by atoms with Gasteiger partial charge in [-0.25, -0.2) is 0 Å². The average Bonchev–Trinajstić information content (AvgIpc) is 2.73. The monoisotopic (exact) mass is 211 g/mol. The van der Waals surface area contributed by atoms with E-state index in [-0.39, 0.29) is 11.5 Å². The summed E-state index contributed by atoms with van der Waals surface area (Å²) < 4.78 is 0. The summed E-state index contributed by atoms with van der Waals surface area (Å²) in [6.07, 6.45) is 2.87. The lowest BCUT2D eigenvalue weighted by Crippen LogP contribution is -2.45. The van der Waals surface area contributed by atoms with Crippen LogP contribution in [0, 0.1) is 23.2 Å². The van der Waals surface area contributed by atoms with Gasteiger partial charge in [0.2, 0.25) is 0 Å². The summed E-state index contributed by atoms with van der Waals surface area (Å²) in [5, 5.41) is 19.5. The molecule has 3 aliphatic carbocycles. The third-order valence-electron chi connectivity index (χ3n) is 5.61. The summed E-state index contributed by atoms with van der Waals surface area (Å²) in [6.45, 7) is 2.30. The number of nitrogens with two attached hydrogens (primary N) is 1. The Balaban J connectivity index is 1.94. The van der Waals surface area contributed by atoms with Gasteiger partial charge in [0.25, 0.3) is 0 Å². The van der Waals surface area contributed by atoms with E-state index in [2.05, 4.69) is 6.92 Å². The van der Waals surface area contributed by atoms with Crippen LogP contribution >= 0.6 is 0 Å². The van der Waals surface area contributed by atoms with Crippen LogP contribution in [0.4, 0.5) is 0 Å². The van der Waals surface area contributed by atoms with Crippen LogP contribution in [-0.2, 0) is 0 Å². The van der Waals surface area contributed by atoms with Crippen molar-refractivity contribution in [1.82, 2.24) is 0 Å². The highest BCUT2D eigenvalue weighted by Gasteiger charge is 2.63. The molecule has 3 rings (SSSR count). The van der Waals surface area contributed by atoms with E-state index < -0.39 is 12.2 Å². The maximum atomic E-state index is 9.75. The Morgan fingerprint density at radius 1 is 1.13 bits per heavy atom. The molecule has 3 nitrogen and oxygen atoms in total. The third-order valence-corrected chi connectivity index (χ3v) is 5.61. The van der Waals surface area contributed by atoms with E-state index in [4.69, 9.17) is 5.73 Å². The molecule has 7 atom stereocenters. The Labute approximate surface area is 90.7 Å². The van der Waals surface area contributed by atoms with Gasteiger partial charge in [-0.2, -0.15) is 0 Å². The van der Waals surface area contributed by atoms with Crippen LogP contribution in [0.2, 0.25) is 0 Å². The fourth-order valence-corrected chi connectivity index (χ4v) is 4.90. The van der Waals surface area contributed by atoms with Gasteiger partial charge in [-0.15, -0.1) is 0 Å². The molecule has 2 bridgehead atoms. The molecule has 1 spiro atoms. The predicted molar refractivity (Wildman–Crippen MR) is 57.0 cm³/mol. The lowest BCUT2D eigenvalue weighted by atomic mass is 9.68. The van der Waals surface area contributed by atoms with Crippen LogP contribution in [-0.4, -0.2) is 28.5 Å². The highest BCUT2D eigenvalue weighted by Crippen LogP contribution is 2.64. The van der Waals surface area contributed by atoms with Crippen LogP contribution < -0.4 is 5.73 Å². The number of fused-ring (bicyclic) bond motifs is 3. The molecule has 0 radical (unpaired) electrons. The van der Waals surface area contributed by atoms with Crippen LogP contribution in [0.15, 0.2) is 0 Å². The quantitative estimate of drug-likeness (QED) is 0.546. The normalized spacial score (nSPS) is 63.2. The van der Waals surface area contributed by atoms with Gasteiger partial charge in [0.1, 0.15) is 0 Å². The second-order valence-electron chi connectivity index (χ2n) is 6.01. The van der Waals surface area contributed by atoms with Gasteiger partial charge in [-0.1, -0.05) is 6.92 Å². The Morgan fingerprint density at radius 3 is 2.20 bits per heavy atom. The fourth-order valence-electron chi connectivity index (χ4n) is 4.90. The minimum absolute atomic E-state index is 0.0567. The van der Waals surface area contributed by atoms with E-state index in [1.807, 2.05) is 0 Å². The standard InChI is InChI=1S/C12H21NO2/c1-6-7-2-3-8(6)12(11(7)13)4-9(14)10(15)5-12/h6-11,14-15H,2-5,13H2,1H3/t6-,7?,8?,9-,10?,11-,12?/m1/s1. The van der Waals surface area contributed by atoms with Crippen LogP contribution in [0.5, 0.6) is 0 Å². The lowest BCUT2D eigenvalue weighted by molar-refractivity contribution is 0.0438. The van der Waals surface area contributed by atoms with Crippen LogP contribution in [0.25, 0.3) is 0 Å². The largest absolute Gasteiger partial charge is 0.390 e. The van der Waals surface area contributed by atoms with Crippen molar-refractivity contribution in [2.75, 3.05) is 0 Å². The zero-order valence-corrected chi connectivity index (χ0v) is 9.26. The van der Waals surface area contributed by atoms with E-state index in [9.17, 15) is 10.2 Å². The molecular formula is C12H21NO2. The molecule has 3 saturated carbocycles. The van der Waals surface area contributed by atoms with Gasteiger partial charge in [-0.05, 0) is 48.9 Å². The average molecular weight is 211 g/mol. The van der Waals surface area contributed by atoms with Gasteiger partial charge in [0.15, 0.2) is 0 Å². The SMILES string of the molecule is C[C@@H]1C2CCC1C1(CC(O)[C@H](O)C1)[C@@H]2N. The van der Waals surface area contributed by atoms with Crippen molar-refractivity contribution in [3.63, 3.8) is 0 Å². The second-order valence-corrected chi connectivity index (χ2v) is 6.01. The number of hydrogen-bond acceptors (Lipinski definition) is 3. The van der Waals surface area contributed by atoms with Crippen molar-refractivity contribution in [1.29, 1.82) is 0 Å². The molecule has 0 aromatic heterocycles. The summed E-state index contributed by atoms with van der Waals surface area (Å²) in [7, 11) is 0. The van der Waals surface area contributed by atoms with Crippen LogP contribution in [0.1, 0.15) is 32.6 Å². The molecule has 3 aliphatic rings. The first-order valence-corrected chi connectivity index (χ1v) is 6.18. The van der Waals surface area contributed by atoms with E-state index in [0.717, 1.165) is 12.8 Å². The van der Waals surface area contributed by atoms with Gasteiger partial charge in [0.05, 0.1) is 12.2 Å². The first-order valence-electron chi connectivity index (χ1n) is 6.18. The van der Waals surface area contributed by atoms with Crippen LogP contribution in [0.3, 0.4) is 0 Å². The summed E-state index contributed by atoms with van der Waals surface area (Å²) >= 11 is 0. The van der Waals surface area contributed by atoms with Gasteiger partial charge < -0.3 is 15.9 Å². The summed E-state index contributed by atoms with van der Waals surface area (Å²) in [4.78, 5) is 0. The molecule has 0 aliphatic heterocycles. The van der Waals surface area contributed by atoms with Gasteiger partial charge in [0, 0.05) is 6.04 Å². The smallest absolute Gasteiger partial charge is 0.0805 e. The van der Waals surface area contributed by atoms with Crippen molar-refractivity contribution >= 4 is 0 Å². The summed E-state index contributed by atoms with van der Waals surface area (Å²) in [6, 6.07) is 0.207. The Hall–Kier alpha value is -0.120. The van der Waals surface area contributed by atoms with Gasteiger partial charge >= 0.3 is 0 Å². The molecule has 4 N–H and O–H groups in total. The van der Waals surface area contributed by atoms with E-state index >= 15 is 0 Å². The van der Waals surface area contributed by atoms with E-state index in [1.54, 1.807) is 0 Å². The number of aliphatic hydroxyl groups is 2. The van der Waals surface area contributed by atoms with Crippen molar-refractivity contribution in [3.8, 4) is 0 Å². The van der Waals surface area contributed by atoms with Crippen molar-refractivity contribution in [2.45, 2.75) is 50.9 Å². The summed E-state index contributed by atoms with van der Waals surface area (Å²) in [5.74, 6) is 1.97. The first kappa shape index (κ1) is 10.1. The Morgan fingerprint density at radius 2 is 1.73 bits per heavy atom. The predicted octanol–water partition coefficient (Wildman–Crippen LogP) is 0.492. The van der Waals surface area contributed by atoms with Crippen molar-refractivity contribution in [3.05, 3.63) is 0 Å². The minimum atomic E-state index is -0.539.